The number of nitrogens with zero attached hydrogens (tertiary/aromatic N) is 1. The summed E-state index contributed by atoms with van der Waals surface area (Å²) in [5, 5.41) is 2.65. The zero-order valence-corrected chi connectivity index (χ0v) is 12.0. The number of benzene rings is 1. The predicted octanol–water partition coefficient (Wildman–Crippen LogP) is 0.960. The van der Waals surface area contributed by atoms with Gasteiger partial charge in [0, 0.05) is 17.6 Å². The fourth-order valence-electron chi connectivity index (χ4n) is 1.74. The van der Waals surface area contributed by atoms with Crippen molar-refractivity contribution in [1.82, 2.24) is 9.62 Å². The van der Waals surface area contributed by atoms with Crippen molar-refractivity contribution in [2.75, 3.05) is 19.6 Å². The maximum atomic E-state index is 12.3. The first kappa shape index (κ1) is 13.5. The Bertz CT molecular complexity index is 542. The molecule has 1 amide bonds. The normalized spacial score (nSPS) is 18.2. The molecule has 98 valence electrons. The summed E-state index contributed by atoms with van der Waals surface area (Å²) >= 11 is 3.26. The molecule has 0 radical (unpaired) electrons. The maximum Gasteiger partial charge on any atom is 0.243 e. The van der Waals surface area contributed by atoms with Crippen LogP contribution in [0.25, 0.3) is 0 Å². The van der Waals surface area contributed by atoms with Gasteiger partial charge in [-0.1, -0.05) is 15.9 Å². The van der Waals surface area contributed by atoms with Crippen LogP contribution < -0.4 is 5.32 Å². The molecule has 0 aliphatic carbocycles. The van der Waals surface area contributed by atoms with Gasteiger partial charge in [0.2, 0.25) is 15.9 Å². The monoisotopic (exact) mass is 332 g/mol. The number of carbonyl (C=O) groups excluding carboxylic acids is 1. The summed E-state index contributed by atoms with van der Waals surface area (Å²) in [6.07, 6.45) is 0.626. The van der Waals surface area contributed by atoms with Crippen molar-refractivity contribution in [2.45, 2.75) is 11.3 Å². The van der Waals surface area contributed by atoms with Crippen LogP contribution in [0.5, 0.6) is 0 Å². The van der Waals surface area contributed by atoms with Gasteiger partial charge >= 0.3 is 0 Å². The van der Waals surface area contributed by atoms with E-state index in [1.807, 2.05) is 0 Å². The maximum absolute atomic E-state index is 12.3. The molecule has 1 fully saturated rings. The van der Waals surface area contributed by atoms with Crippen LogP contribution in [0, 0.1) is 0 Å². The molecule has 1 aliphatic rings. The smallest absolute Gasteiger partial charge is 0.243 e. The van der Waals surface area contributed by atoms with E-state index < -0.39 is 10.0 Å². The number of amides is 1. The van der Waals surface area contributed by atoms with E-state index in [2.05, 4.69) is 21.2 Å². The minimum atomic E-state index is -3.58. The molecule has 1 aliphatic heterocycles. The highest BCUT2D eigenvalue weighted by atomic mass is 79.9. The van der Waals surface area contributed by atoms with Gasteiger partial charge in [-0.2, -0.15) is 4.31 Å². The second-order valence-corrected chi connectivity index (χ2v) is 6.85. The third-order valence-corrected chi connectivity index (χ3v) is 5.07. The Balaban J connectivity index is 2.29. The fraction of sp³-hybridized carbons (Fsp3) is 0.364. The van der Waals surface area contributed by atoms with E-state index in [4.69, 9.17) is 0 Å². The average Bonchev–Trinajstić information content (AvgIpc) is 2.55. The van der Waals surface area contributed by atoms with Crippen LogP contribution >= 0.6 is 15.9 Å². The van der Waals surface area contributed by atoms with Crippen LogP contribution in [0.2, 0.25) is 0 Å². The minimum absolute atomic E-state index is 0.113. The van der Waals surface area contributed by atoms with Crippen molar-refractivity contribution in [1.29, 1.82) is 0 Å². The van der Waals surface area contributed by atoms with E-state index in [-0.39, 0.29) is 17.3 Å². The molecular formula is C11H13BrN2O3S. The van der Waals surface area contributed by atoms with Gasteiger partial charge in [0.15, 0.2) is 0 Å². The van der Waals surface area contributed by atoms with E-state index in [0.717, 1.165) is 4.47 Å². The Labute approximate surface area is 114 Å². The molecule has 0 atom stereocenters. The second kappa shape index (κ2) is 5.38. The summed E-state index contributed by atoms with van der Waals surface area (Å²) in [7, 11) is -3.58. The zero-order chi connectivity index (χ0) is 13.2. The first-order valence-corrected chi connectivity index (χ1v) is 7.76. The fourth-order valence-corrected chi connectivity index (χ4v) is 3.44. The molecule has 7 heteroatoms. The third kappa shape index (κ3) is 2.90. The lowest BCUT2D eigenvalue weighted by Crippen LogP contribution is -2.37. The van der Waals surface area contributed by atoms with E-state index in [1.165, 1.54) is 16.4 Å². The van der Waals surface area contributed by atoms with Crippen molar-refractivity contribution in [3.8, 4) is 0 Å². The predicted molar refractivity (Wildman–Crippen MR) is 70.5 cm³/mol. The molecule has 1 N–H and O–H groups in total. The molecule has 1 saturated heterocycles. The molecule has 2 rings (SSSR count). The van der Waals surface area contributed by atoms with Gasteiger partial charge in [-0.3, -0.25) is 4.79 Å². The molecule has 0 aromatic heterocycles. The number of sulfonamides is 1. The van der Waals surface area contributed by atoms with Crippen molar-refractivity contribution >= 4 is 31.9 Å². The van der Waals surface area contributed by atoms with E-state index >= 15 is 0 Å². The first-order valence-electron chi connectivity index (χ1n) is 5.52. The van der Waals surface area contributed by atoms with Crippen LogP contribution in [0.3, 0.4) is 0 Å². The van der Waals surface area contributed by atoms with Gasteiger partial charge in [0.25, 0.3) is 0 Å². The van der Waals surface area contributed by atoms with Gasteiger partial charge < -0.3 is 5.32 Å². The average molecular weight is 333 g/mol. The Morgan fingerprint density at radius 2 is 1.89 bits per heavy atom. The van der Waals surface area contributed by atoms with Crippen molar-refractivity contribution in [2.24, 2.45) is 0 Å². The Hall–Kier alpha value is -0.920. The summed E-state index contributed by atoms with van der Waals surface area (Å²) in [5.74, 6) is -0.256. The highest BCUT2D eigenvalue weighted by Gasteiger charge is 2.27. The van der Waals surface area contributed by atoms with Gasteiger partial charge in [-0.05, 0) is 30.7 Å². The Morgan fingerprint density at radius 1 is 1.22 bits per heavy atom. The summed E-state index contributed by atoms with van der Waals surface area (Å²) in [6, 6.07) is 6.40. The lowest BCUT2D eigenvalue weighted by molar-refractivity contribution is -0.120. The third-order valence-electron chi connectivity index (χ3n) is 2.68. The summed E-state index contributed by atoms with van der Waals surface area (Å²) in [4.78, 5) is 11.6. The van der Waals surface area contributed by atoms with Gasteiger partial charge in [-0.15, -0.1) is 0 Å². The van der Waals surface area contributed by atoms with Gasteiger partial charge in [0.05, 0.1) is 11.4 Å². The van der Waals surface area contributed by atoms with Crippen molar-refractivity contribution in [3.05, 3.63) is 28.7 Å². The standard InChI is InChI=1S/C11H13BrN2O3S/c12-9-2-4-10(5-3-9)18(16,17)14-7-1-6-13-11(15)8-14/h2-5H,1,6-8H2,(H,13,15). The highest BCUT2D eigenvalue weighted by Crippen LogP contribution is 2.19. The Morgan fingerprint density at radius 3 is 2.56 bits per heavy atom. The molecular weight excluding hydrogens is 320 g/mol. The first-order chi connectivity index (χ1) is 8.50. The lowest BCUT2D eigenvalue weighted by Gasteiger charge is -2.18. The molecule has 0 spiro atoms. The number of nitrogens with one attached hydrogen (secondary N) is 1. The molecule has 0 saturated carbocycles. The molecule has 18 heavy (non-hydrogen) atoms. The summed E-state index contributed by atoms with van der Waals surface area (Å²) in [5.41, 5.74) is 0. The number of carbonyl (C=O) groups is 1. The molecule has 5 nitrogen and oxygen atoms in total. The molecule has 1 aromatic carbocycles. The number of hydrogen-bond acceptors (Lipinski definition) is 3. The topological polar surface area (TPSA) is 66.5 Å². The largest absolute Gasteiger partial charge is 0.355 e. The van der Waals surface area contributed by atoms with Crippen LogP contribution in [0.15, 0.2) is 33.6 Å². The highest BCUT2D eigenvalue weighted by molar-refractivity contribution is 9.10. The van der Waals surface area contributed by atoms with Crippen LogP contribution in [-0.2, 0) is 14.8 Å². The van der Waals surface area contributed by atoms with E-state index in [9.17, 15) is 13.2 Å². The van der Waals surface area contributed by atoms with E-state index in [0.29, 0.717) is 19.5 Å². The van der Waals surface area contributed by atoms with E-state index in [1.54, 1.807) is 12.1 Å². The van der Waals surface area contributed by atoms with Crippen LogP contribution in [0.4, 0.5) is 0 Å². The summed E-state index contributed by atoms with van der Waals surface area (Å²) < 4.78 is 26.7. The number of rotatable bonds is 2. The summed E-state index contributed by atoms with van der Waals surface area (Å²) in [6.45, 7) is 0.765. The SMILES string of the molecule is O=C1CN(S(=O)(=O)c2ccc(Br)cc2)CCCN1. The number of halogens is 1. The van der Waals surface area contributed by atoms with Crippen molar-refractivity contribution in [3.63, 3.8) is 0 Å². The lowest BCUT2D eigenvalue weighted by atomic mass is 10.4. The van der Waals surface area contributed by atoms with Gasteiger partial charge in [-0.25, -0.2) is 8.42 Å². The number of hydrogen-bond donors (Lipinski definition) is 1. The molecule has 0 unspecified atom stereocenters. The van der Waals surface area contributed by atoms with Crippen LogP contribution in [0.1, 0.15) is 6.42 Å². The second-order valence-electron chi connectivity index (χ2n) is 4.00. The Kier molecular flexibility index (Phi) is 4.04. The minimum Gasteiger partial charge on any atom is -0.355 e. The van der Waals surface area contributed by atoms with Crippen LogP contribution in [-0.4, -0.2) is 38.3 Å². The quantitative estimate of drug-likeness (QED) is 0.877. The molecule has 0 bridgehead atoms. The molecule has 1 heterocycles. The van der Waals surface area contributed by atoms with Gasteiger partial charge in [0.1, 0.15) is 0 Å². The zero-order valence-electron chi connectivity index (χ0n) is 9.60. The molecule has 1 aromatic rings. The van der Waals surface area contributed by atoms with Crippen molar-refractivity contribution < 1.29 is 13.2 Å².